The molecule has 5 aliphatic carbocycles. The molecule has 0 aliphatic heterocycles. The Labute approximate surface area is 109 Å². The van der Waals surface area contributed by atoms with Crippen molar-refractivity contribution in [3.05, 3.63) is 59.7 Å². The van der Waals surface area contributed by atoms with Crippen LogP contribution in [0.3, 0.4) is 0 Å². The Morgan fingerprint density at radius 2 is 1.00 bits per heavy atom. The first kappa shape index (κ1) is 10.4. The van der Waals surface area contributed by atoms with E-state index >= 15 is 0 Å². The van der Waals surface area contributed by atoms with Crippen LogP contribution in [0.4, 0.5) is 0 Å². The van der Waals surface area contributed by atoms with Crippen molar-refractivity contribution >= 4 is 0 Å². The number of hydrogen-bond donors (Lipinski definition) is 0. The van der Waals surface area contributed by atoms with Gasteiger partial charge in [-0.25, -0.2) is 0 Å². The van der Waals surface area contributed by atoms with E-state index in [2.05, 4.69) is 48.5 Å². The van der Waals surface area contributed by atoms with Crippen molar-refractivity contribution in [3.8, 4) is 11.1 Å². The average molecular weight is 234 g/mol. The van der Waals surface area contributed by atoms with Crippen LogP contribution in [-0.4, -0.2) is 0 Å². The fraction of sp³-hybridized carbons (Fsp3) is 0.333. The molecule has 1 fully saturated rings. The Hall–Kier alpha value is -1.56. The highest BCUT2D eigenvalue weighted by atomic mass is 14.4. The zero-order valence-corrected chi connectivity index (χ0v) is 10.7. The topological polar surface area (TPSA) is 0 Å². The summed E-state index contributed by atoms with van der Waals surface area (Å²) in [5, 5.41) is 0. The summed E-state index contributed by atoms with van der Waals surface area (Å²) in [5.41, 5.74) is 6.03. The van der Waals surface area contributed by atoms with E-state index in [0.29, 0.717) is 5.41 Å². The Balaban J connectivity index is 2.03. The van der Waals surface area contributed by atoms with Gasteiger partial charge in [-0.3, -0.25) is 0 Å². The van der Waals surface area contributed by atoms with E-state index in [9.17, 15) is 0 Å². The van der Waals surface area contributed by atoms with E-state index < -0.39 is 0 Å². The summed E-state index contributed by atoms with van der Waals surface area (Å²) in [7, 11) is 0. The fourth-order valence-corrected chi connectivity index (χ4v) is 3.86. The highest BCUT2D eigenvalue weighted by Crippen LogP contribution is 2.46. The number of rotatable bonds is 0. The van der Waals surface area contributed by atoms with Crippen LogP contribution in [0.2, 0.25) is 0 Å². The molecule has 0 radical (unpaired) electrons. The van der Waals surface area contributed by atoms with Gasteiger partial charge in [-0.2, -0.15) is 0 Å². The lowest BCUT2D eigenvalue weighted by Gasteiger charge is -2.38. The Bertz CT molecular complexity index is 506. The fourth-order valence-electron chi connectivity index (χ4n) is 3.86. The lowest BCUT2D eigenvalue weighted by molar-refractivity contribution is 0.346. The Kier molecular flexibility index (Phi) is 2.14. The van der Waals surface area contributed by atoms with Gasteiger partial charge in [-0.15, -0.1) is 0 Å². The van der Waals surface area contributed by atoms with Gasteiger partial charge in [0.25, 0.3) is 0 Å². The van der Waals surface area contributed by atoms with Gasteiger partial charge in [0.05, 0.1) is 0 Å². The van der Waals surface area contributed by atoms with Crippen molar-refractivity contribution in [1.29, 1.82) is 0 Å². The van der Waals surface area contributed by atoms with E-state index in [1.54, 1.807) is 0 Å². The monoisotopic (exact) mass is 234 g/mol. The quantitative estimate of drug-likeness (QED) is 0.607. The summed E-state index contributed by atoms with van der Waals surface area (Å²) in [6.45, 7) is 0. The second-order valence-electron chi connectivity index (χ2n) is 5.80. The van der Waals surface area contributed by atoms with Crippen LogP contribution >= 0.6 is 0 Å². The summed E-state index contributed by atoms with van der Waals surface area (Å²) >= 11 is 0. The molecule has 0 N–H and O–H groups in total. The van der Waals surface area contributed by atoms with E-state index in [0.717, 1.165) is 0 Å². The third-order valence-corrected chi connectivity index (χ3v) is 4.92. The molecule has 2 aromatic carbocycles. The molecule has 0 saturated heterocycles. The Morgan fingerprint density at radius 1 is 0.556 bits per heavy atom. The molecule has 0 aromatic heterocycles. The summed E-state index contributed by atoms with van der Waals surface area (Å²) < 4.78 is 0. The smallest absolute Gasteiger partial charge is 0.0202 e. The third-order valence-electron chi connectivity index (χ3n) is 4.92. The maximum absolute atomic E-state index is 2.36. The second kappa shape index (κ2) is 3.71. The van der Waals surface area contributed by atoms with E-state index in [4.69, 9.17) is 0 Å². The van der Waals surface area contributed by atoms with Gasteiger partial charge >= 0.3 is 0 Å². The molecule has 2 aromatic rings. The maximum atomic E-state index is 2.36. The largest absolute Gasteiger partial charge is 0.0575 e. The summed E-state index contributed by atoms with van der Waals surface area (Å²) in [4.78, 5) is 0. The van der Waals surface area contributed by atoms with Gasteiger partial charge in [0, 0.05) is 5.41 Å². The van der Waals surface area contributed by atoms with Crippen molar-refractivity contribution in [3.63, 3.8) is 0 Å². The van der Waals surface area contributed by atoms with Gasteiger partial charge in [-0.1, -0.05) is 67.8 Å². The standard InChI is InChI=1S/C18H18/c1-2-12-18(13-3-1)16-8-4-14(5-9-16)15-6-10-17(18)11-7-15/h4-11H,1-3,12-13H2. The average Bonchev–Trinajstić information content (AvgIpc) is 2.61. The third kappa shape index (κ3) is 1.32. The molecule has 0 unspecified atom stereocenters. The first-order valence-corrected chi connectivity index (χ1v) is 7.10. The molecule has 0 heteroatoms. The molecule has 1 spiro atoms. The minimum Gasteiger partial charge on any atom is -0.0575 e. The predicted octanol–water partition coefficient (Wildman–Crippen LogP) is 4.92. The molecule has 18 heavy (non-hydrogen) atoms. The molecular formula is C18H18. The van der Waals surface area contributed by atoms with Crippen LogP contribution in [0, 0.1) is 0 Å². The van der Waals surface area contributed by atoms with Crippen LogP contribution in [0.1, 0.15) is 43.2 Å². The number of benzene rings is 2. The van der Waals surface area contributed by atoms with Crippen LogP contribution < -0.4 is 0 Å². The van der Waals surface area contributed by atoms with Crippen molar-refractivity contribution in [2.24, 2.45) is 0 Å². The van der Waals surface area contributed by atoms with E-state index in [-0.39, 0.29) is 0 Å². The van der Waals surface area contributed by atoms with Crippen molar-refractivity contribution in [2.75, 3.05) is 0 Å². The molecule has 90 valence electrons. The number of hydrogen-bond acceptors (Lipinski definition) is 0. The summed E-state index contributed by atoms with van der Waals surface area (Å²) in [6, 6.07) is 18.6. The normalized spacial score (nSPS) is 19.6. The first-order valence-electron chi connectivity index (χ1n) is 7.10. The highest BCUT2D eigenvalue weighted by molar-refractivity contribution is 5.66. The Morgan fingerprint density at radius 3 is 1.44 bits per heavy atom. The van der Waals surface area contributed by atoms with Crippen molar-refractivity contribution < 1.29 is 0 Å². The van der Waals surface area contributed by atoms with Crippen LogP contribution in [0.25, 0.3) is 11.1 Å². The van der Waals surface area contributed by atoms with E-state index in [1.165, 1.54) is 54.4 Å². The molecule has 0 amide bonds. The van der Waals surface area contributed by atoms with Gasteiger partial charge in [-0.05, 0) is 35.1 Å². The molecule has 0 atom stereocenters. The van der Waals surface area contributed by atoms with Gasteiger partial charge in [0.15, 0.2) is 0 Å². The lowest BCUT2D eigenvalue weighted by Crippen LogP contribution is -2.30. The van der Waals surface area contributed by atoms with Crippen molar-refractivity contribution in [2.45, 2.75) is 37.5 Å². The van der Waals surface area contributed by atoms with Gasteiger partial charge in [0.1, 0.15) is 0 Å². The minimum absolute atomic E-state index is 0.291. The van der Waals surface area contributed by atoms with Crippen LogP contribution in [0.5, 0.6) is 0 Å². The molecule has 0 heterocycles. The summed E-state index contributed by atoms with van der Waals surface area (Å²) in [5.74, 6) is 0. The second-order valence-corrected chi connectivity index (χ2v) is 5.80. The van der Waals surface area contributed by atoms with Gasteiger partial charge in [0.2, 0.25) is 0 Å². The van der Waals surface area contributed by atoms with Crippen LogP contribution in [-0.2, 0) is 5.41 Å². The highest BCUT2D eigenvalue weighted by Gasteiger charge is 2.36. The van der Waals surface area contributed by atoms with Crippen LogP contribution in [0.15, 0.2) is 48.5 Å². The van der Waals surface area contributed by atoms with Crippen molar-refractivity contribution in [1.82, 2.24) is 0 Å². The molecule has 5 aliphatic rings. The van der Waals surface area contributed by atoms with Gasteiger partial charge < -0.3 is 0 Å². The summed E-state index contributed by atoms with van der Waals surface area (Å²) in [6.07, 6.45) is 6.75. The molecule has 1 saturated carbocycles. The predicted molar refractivity (Wildman–Crippen MR) is 75.7 cm³/mol. The molecule has 7 rings (SSSR count). The maximum Gasteiger partial charge on any atom is 0.0202 e. The molecular weight excluding hydrogens is 216 g/mol. The zero-order chi connectivity index (χ0) is 12.0. The first-order chi connectivity index (χ1) is 8.88. The minimum atomic E-state index is 0.291. The molecule has 4 bridgehead atoms. The SMILES string of the molecule is c1cc2ccc1-c1ccc(cc1)C21CCCCC1. The molecule has 0 nitrogen and oxygen atoms in total. The lowest BCUT2D eigenvalue weighted by atomic mass is 9.65. The zero-order valence-electron chi connectivity index (χ0n) is 10.7. The van der Waals surface area contributed by atoms with E-state index in [1.807, 2.05) is 0 Å².